The minimum atomic E-state index is -3.54. The Hall–Kier alpha value is -1.14. The van der Waals surface area contributed by atoms with Gasteiger partial charge < -0.3 is 4.98 Å². The molecule has 0 aromatic carbocycles. The number of aromatic nitrogens is 1. The van der Waals surface area contributed by atoms with Crippen molar-refractivity contribution < 1.29 is 8.42 Å². The maximum absolute atomic E-state index is 12.3. The van der Waals surface area contributed by atoms with Crippen LogP contribution in [0.1, 0.15) is 27.2 Å². The lowest BCUT2D eigenvalue weighted by molar-refractivity contribution is 0.337. The molecule has 0 radical (unpaired) electrons. The molecule has 1 aromatic heterocycles. The third kappa shape index (κ3) is 3.43. The molecule has 0 aliphatic heterocycles. The van der Waals surface area contributed by atoms with Crippen LogP contribution in [0.15, 0.2) is 28.0 Å². The molecule has 102 valence electrons. The van der Waals surface area contributed by atoms with E-state index in [0.717, 1.165) is 6.42 Å². The fourth-order valence-corrected chi connectivity index (χ4v) is 3.13. The van der Waals surface area contributed by atoms with Crippen LogP contribution in [0.2, 0.25) is 0 Å². The second-order valence-electron chi connectivity index (χ2n) is 4.89. The zero-order chi connectivity index (χ0) is 13.9. The summed E-state index contributed by atoms with van der Waals surface area (Å²) in [4.78, 5) is 13.4. The van der Waals surface area contributed by atoms with E-state index in [0.29, 0.717) is 5.92 Å². The largest absolute Gasteiger partial charge is 0.328 e. The van der Waals surface area contributed by atoms with E-state index in [9.17, 15) is 13.2 Å². The molecule has 0 saturated heterocycles. The average molecular weight is 272 g/mol. The Bertz CT molecular complexity index is 528. The molecule has 1 N–H and O–H groups in total. The summed E-state index contributed by atoms with van der Waals surface area (Å²) < 4.78 is 25.9. The van der Waals surface area contributed by atoms with Gasteiger partial charge in [0.15, 0.2) is 0 Å². The summed E-state index contributed by atoms with van der Waals surface area (Å²) in [6, 6.07) is 2.46. The van der Waals surface area contributed by atoms with Gasteiger partial charge in [-0.25, -0.2) is 8.42 Å². The number of sulfonamides is 1. The standard InChI is InChI=1S/C12H20N2O3S/c1-9(2)7-10(3)14(4)18(16,17)11-5-6-12(15)13-8-11/h5-6,8-10H,7H2,1-4H3,(H,13,15). The summed E-state index contributed by atoms with van der Waals surface area (Å²) in [5.41, 5.74) is -0.313. The van der Waals surface area contributed by atoms with Gasteiger partial charge in [-0.15, -0.1) is 0 Å². The highest BCUT2D eigenvalue weighted by molar-refractivity contribution is 7.89. The first-order chi connectivity index (χ1) is 8.25. The van der Waals surface area contributed by atoms with Crippen molar-refractivity contribution in [1.29, 1.82) is 0 Å². The number of nitrogens with zero attached hydrogens (tertiary/aromatic N) is 1. The molecule has 0 saturated carbocycles. The molecule has 0 aliphatic rings. The summed E-state index contributed by atoms with van der Waals surface area (Å²) in [5, 5.41) is 0. The first-order valence-electron chi connectivity index (χ1n) is 5.92. The summed E-state index contributed by atoms with van der Waals surface area (Å²) in [7, 11) is -1.97. The van der Waals surface area contributed by atoms with E-state index in [4.69, 9.17) is 0 Å². The number of pyridine rings is 1. The average Bonchev–Trinajstić information content (AvgIpc) is 2.27. The van der Waals surface area contributed by atoms with Crippen LogP contribution < -0.4 is 5.56 Å². The van der Waals surface area contributed by atoms with E-state index in [1.165, 1.54) is 22.6 Å². The SMILES string of the molecule is CC(C)CC(C)N(C)S(=O)(=O)c1ccc(=O)[nH]c1. The lowest BCUT2D eigenvalue weighted by Gasteiger charge is -2.25. The highest BCUT2D eigenvalue weighted by Gasteiger charge is 2.25. The molecule has 0 aliphatic carbocycles. The Morgan fingerprint density at radius 3 is 2.33 bits per heavy atom. The maximum Gasteiger partial charge on any atom is 0.247 e. The van der Waals surface area contributed by atoms with Gasteiger partial charge in [0.2, 0.25) is 15.6 Å². The van der Waals surface area contributed by atoms with Crippen LogP contribution in [0, 0.1) is 5.92 Å². The lowest BCUT2D eigenvalue weighted by Crippen LogP contribution is -2.36. The number of hydrogen-bond acceptors (Lipinski definition) is 3. The molecule has 0 fully saturated rings. The van der Waals surface area contributed by atoms with Crippen LogP contribution >= 0.6 is 0 Å². The third-order valence-corrected chi connectivity index (χ3v) is 4.83. The monoisotopic (exact) mass is 272 g/mol. The van der Waals surface area contributed by atoms with Crippen LogP contribution in [-0.2, 0) is 10.0 Å². The minimum absolute atomic E-state index is 0.0815. The van der Waals surface area contributed by atoms with Crippen LogP contribution in [0.5, 0.6) is 0 Å². The van der Waals surface area contributed by atoms with E-state index < -0.39 is 10.0 Å². The molecule has 1 rings (SSSR count). The topological polar surface area (TPSA) is 70.2 Å². The van der Waals surface area contributed by atoms with Gasteiger partial charge in [0.05, 0.1) is 4.90 Å². The van der Waals surface area contributed by atoms with Crippen LogP contribution in [0.25, 0.3) is 0 Å². The minimum Gasteiger partial charge on any atom is -0.328 e. The predicted molar refractivity (Wildman–Crippen MR) is 70.9 cm³/mol. The van der Waals surface area contributed by atoms with Gasteiger partial charge in [0, 0.05) is 25.4 Å². The number of hydrogen-bond donors (Lipinski definition) is 1. The van der Waals surface area contributed by atoms with E-state index in [1.54, 1.807) is 7.05 Å². The second kappa shape index (κ2) is 5.67. The number of aromatic amines is 1. The summed E-state index contributed by atoms with van der Waals surface area (Å²) in [5.74, 6) is 0.424. The van der Waals surface area contributed by atoms with E-state index in [1.807, 2.05) is 6.92 Å². The molecular weight excluding hydrogens is 252 g/mol. The van der Waals surface area contributed by atoms with E-state index >= 15 is 0 Å². The van der Waals surface area contributed by atoms with Crippen LogP contribution in [0.4, 0.5) is 0 Å². The Labute approximate surface area is 108 Å². The van der Waals surface area contributed by atoms with Gasteiger partial charge >= 0.3 is 0 Å². The zero-order valence-corrected chi connectivity index (χ0v) is 12.0. The molecule has 1 aromatic rings. The molecule has 0 amide bonds. The lowest BCUT2D eigenvalue weighted by atomic mass is 10.1. The van der Waals surface area contributed by atoms with Crippen molar-refractivity contribution in [3.8, 4) is 0 Å². The van der Waals surface area contributed by atoms with E-state index in [2.05, 4.69) is 18.8 Å². The summed E-state index contributed by atoms with van der Waals surface area (Å²) in [6.07, 6.45) is 2.02. The van der Waals surface area contributed by atoms with Gasteiger partial charge in [-0.05, 0) is 25.3 Å². The number of H-pyrrole nitrogens is 1. The van der Waals surface area contributed by atoms with Crippen molar-refractivity contribution in [1.82, 2.24) is 9.29 Å². The van der Waals surface area contributed by atoms with E-state index in [-0.39, 0.29) is 16.5 Å². The summed E-state index contributed by atoms with van der Waals surface area (Å²) >= 11 is 0. The molecule has 5 nitrogen and oxygen atoms in total. The number of rotatable bonds is 5. The quantitative estimate of drug-likeness (QED) is 0.881. The Balaban J connectivity index is 2.99. The molecule has 18 heavy (non-hydrogen) atoms. The fourth-order valence-electron chi connectivity index (χ4n) is 1.79. The van der Waals surface area contributed by atoms with Crippen LogP contribution in [-0.4, -0.2) is 30.8 Å². The molecule has 1 heterocycles. The van der Waals surface area contributed by atoms with Gasteiger partial charge in [-0.3, -0.25) is 4.79 Å². The first-order valence-corrected chi connectivity index (χ1v) is 7.36. The van der Waals surface area contributed by atoms with Crippen molar-refractivity contribution in [2.24, 2.45) is 5.92 Å². The first kappa shape index (κ1) is 14.9. The van der Waals surface area contributed by atoms with Crippen molar-refractivity contribution in [2.75, 3.05) is 7.05 Å². The van der Waals surface area contributed by atoms with Gasteiger partial charge in [-0.2, -0.15) is 4.31 Å². The molecule has 0 bridgehead atoms. The van der Waals surface area contributed by atoms with Crippen molar-refractivity contribution in [2.45, 2.75) is 38.1 Å². The van der Waals surface area contributed by atoms with Crippen molar-refractivity contribution >= 4 is 10.0 Å². The Kier molecular flexibility index (Phi) is 4.70. The fraction of sp³-hybridized carbons (Fsp3) is 0.583. The zero-order valence-electron chi connectivity index (χ0n) is 11.2. The Morgan fingerprint density at radius 1 is 1.28 bits per heavy atom. The molecular formula is C12H20N2O3S. The van der Waals surface area contributed by atoms with Gasteiger partial charge in [-0.1, -0.05) is 13.8 Å². The van der Waals surface area contributed by atoms with Gasteiger partial charge in [0.1, 0.15) is 0 Å². The second-order valence-corrected chi connectivity index (χ2v) is 6.89. The molecule has 1 atom stereocenters. The highest BCUT2D eigenvalue weighted by atomic mass is 32.2. The predicted octanol–water partition coefficient (Wildman–Crippen LogP) is 1.43. The molecule has 0 spiro atoms. The number of nitrogens with one attached hydrogen (secondary N) is 1. The highest BCUT2D eigenvalue weighted by Crippen LogP contribution is 2.18. The smallest absolute Gasteiger partial charge is 0.247 e. The van der Waals surface area contributed by atoms with Gasteiger partial charge in [0.25, 0.3) is 0 Å². The maximum atomic E-state index is 12.3. The third-order valence-electron chi connectivity index (χ3n) is 2.87. The van der Waals surface area contributed by atoms with Crippen LogP contribution in [0.3, 0.4) is 0 Å². The molecule has 1 unspecified atom stereocenters. The normalized spacial score (nSPS) is 14.1. The molecule has 6 heteroatoms. The summed E-state index contributed by atoms with van der Waals surface area (Å²) in [6.45, 7) is 5.98. The van der Waals surface area contributed by atoms with Crippen molar-refractivity contribution in [3.63, 3.8) is 0 Å². The Morgan fingerprint density at radius 2 is 1.89 bits per heavy atom. The van der Waals surface area contributed by atoms with Crippen molar-refractivity contribution in [3.05, 3.63) is 28.7 Å².